The second-order valence-electron chi connectivity index (χ2n) is 3.76. The second kappa shape index (κ2) is 3.40. The molecule has 14 heavy (non-hydrogen) atoms. The molecule has 0 bridgehead atoms. The van der Waals surface area contributed by atoms with Crippen LogP contribution in [-0.4, -0.2) is 19.7 Å². The van der Waals surface area contributed by atoms with E-state index in [0.717, 1.165) is 12.3 Å². The minimum atomic E-state index is 0.641. The van der Waals surface area contributed by atoms with Crippen LogP contribution in [0.25, 0.3) is 0 Å². The Morgan fingerprint density at radius 2 is 2.29 bits per heavy atom. The first-order valence-corrected chi connectivity index (χ1v) is 4.92. The van der Waals surface area contributed by atoms with Crippen molar-refractivity contribution in [3.63, 3.8) is 0 Å². The molecule has 1 fully saturated rings. The molecule has 1 heterocycles. The number of hydrogen-bond acceptors (Lipinski definition) is 3. The molecule has 3 heteroatoms. The number of rotatable bonds is 2. The van der Waals surface area contributed by atoms with Crippen LogP contribution < -0.4 is 15.4 Å². The van der Waals surface area contributed by atoms with Crippen LogP contribution in [0.5, 0.6) is 5.75 Å². The van der Waals surface area contributed by atoms with Gasteiger partial charge in [-0.2, -0.15) is 0 Å². The molecular formula is C11H16N2O. The zero-order valence-corrected chi connectivity index (χ0v) is 8.66. The summed E-state index contributed by atoms with van der Waals surface area (Å²) in [6.07, 6.45) is 1.27. The van der Waals surface area contributed by atoms with E-state index < -0.39 is 0 Å². The molecule has 1 unspecified atom stereocenters. The molecule has 3 nitrogen and oxygen atoms in total. The molecule has 2 N–H and O–H groups in total. The van der Waals surface area contributed by atoms with Gasteiger partial charge in [0.2, 0.25) is 0 Å². The first-order chi connectivity index (χ1) is 6.72. The van der Waals surface area contributed by atoms with Gasteiger partial charge in [-0.3, -0.25) is 0 Å². The third kappa shape index (κ3) is 1.39. The molecule has 76 valence electrons. The largest absolute Gasteiger partial charge is 0.495 e. The van der Waals surface area contributed by atoms with Gasteiger partial charge in [0, 0.05) is 18.3 Å². The number of nitrogens with two attached hydrogens (primary N) is 1. The highest BCUT2D eigenvalue weighted by molar-refractivity contribution is 5.64. The molecular weight excluding hydrogens is 176 g/mol. The van der Waals surface area contributed by atoms with Crippen LogP contribution in [0.1, 0.15) is 13.3 Å². The highest BCUT2D eigenvalue weighted by Crippen LogP contribution is 2.31. The standard InChI is InChI=1S/C11H16N2O/c1-8-5-6-13(8)9-3-4-11(14-2)10(12)7-9/h3-4,7-8H,5-6,12H2,1-2H3. The van der Waals surface area contributed by atoms with Gasteiger partial charge in [-0.15, -0.1) is 0 Å². The third-order valence-electron chi connectivity index (χ3n) is 2.86. The molecule has 0 spiro atoms. The summed E-state index contributed by atoms with van der Waals surface area (Å²) in [4.78, 5) is 2.34. The van der Waals surface area contributed by atoms with E-state index in [2.05, 4.69) is 17.9 Å². The van der Waals surface area contributed by atoms with Crippen LogP contribution in [-0.2, 0) is 0 Å². The summed E-state index contributed by atoms with van der Waals surface area (Å²) >= 11 is 0. The van der Waals surface area contributed by atoms with Crippen molar-refractivity contribution >= 4 is 11.4 Å². The SMILES string of the molecule is COc1ccc(N2CCC2C)cc1N. The molecule has 1 aromatic carbocycles. The molecule has 1 atom stereocenters. The molecule has 0 saturated carbocycles. The molecule has 1 aliphatic heterocycles. The lowest BCUT2D eigenvalue weighted by Gasteiger charge is -2.41. The van der Waals surface area contributed by atoms with E-state index in [-0.39, 0.29) is 0 Å². The maximum atomic E-state index is 5.84. The van der Waals surface area contributed by atoms with Crippen LogP contribution in [0.15, 0.2) is 18.2 Å². The van der Waals surface area contributed by atoms with Gasteiger partial charge < -0.3 is 15.4 Å². The van der Waals surface area contributed by atoms with Gasteiger partial charge in [-0.1, -0.05) is 0 Å². The molecule has 0 radical (unpaired) electrons. The Labute approximate surface area is 84.5 Å². The minimum Gasteiger partial charge on any atom is -0.495 e. The van der Waals surface area contributed by atoms with Gasteiger partial charge in [0.1, 0.15) is 5.75 Å². The number of hydrogen-bond donors (Lipinski definition) is 1. The Morgan fingerprint density at radius 3 is 2.71 bits per heavy atom. The van der Waals surface area contributed by atoms with Crippen molar-refractivity contribution in [2.45, 2.75) is 19.4 Å². The zero-order chi connectivity index (χ0) is 10.1. The summed E-state index contributed by atoms with van der Waals surface area (Å²) < 4.78 is 5.11. The van der Waals surface area contributed by atoms with E-state index >= 15 is 0 Å². The highest BCUT2D eigenvalue weighted by atomic mass is 16.5. The van der Waals surface area contributed by atoms with Gasteiger partial charge >= 0.3 is 0 Å². The Balaban J connectivity index is 2.24. The average Bonchev–Trinajstić information content (AvgIpc) is 2.16. The average molecular weight is 192 g/mol. The fourth-order valence-corrected chi connectivity index (χ4v) is 1.80. The second-order valence-corrected chi connectivity index (χ2v) is 3.76. The number of nitrogen functional groups attached to an aromatic ring is 1. The van der Waals surface area contributed by atoms with Crippen LogP contribution in [0, 0.1) is 0 Å². The fraction of sp³-hybridized carbons (Fsp3) is 0.455. The zero-order valence-electron chi connectivity index (χ0n) is 8.66. The number of nitrogens with zero attached hydrogens (tertiary/aromatic N) is 1. The van der Waals surface area contributed by atoms with E-state index in [9.17, 15) is 0 Å². The van der Waals surface area contributed by atoms with Gasteiger partial charge in [-0.05, 0) is 31.5 Å². The molecule has 1 aromatic rings. The smallest absolute Gasteiger partial charge is 0.141 e. The Morgan fingerprint density at radius 1 is 1.50 bits per heavy atom. The van der Waals surface area contributed by atoms with Crippen molar-refractivity contribution in [2.75, 3.05) is 24.3 Å². The number of benzene rings is 1. The predicted octanol–water partition coefficient (Wildman–Crippen LogP) is 1.88. The van der Waals surface area contributed by atoms with Crippen LogP contribution in [0.4, 0.5) is 11.4 Å². The molecule has 0 amide bonds. The van der Waals surface area contributed by atoms with E-state index in [1.54, 1.807) is 7.11 Å². The predicted molar refractivity (Wildman–Crippen MR) is 58.8 cm³/mol. The maximum Gasteiger partial charge on any atom is 0.141 e. The third-order valence-corrected chi connectivity index (χ3v) is 2.86. The summed E-state index contributed by atoms with van der Waals surface area (Å²) in [5.74, 6) is 0.752. The van der Waals surface area contributed by atoms with Crippen molar-refractivity contribution in [2.24, 2.45) is 0 Å². The summed E-state index contributed by atoms with van der Waals surface area (Å²) in [6.45, 7) is 3.36. The van der Waals surface area contributed by atoms with Gasteiger partial charge in [0.15, 0.2) is 0 Å². The monoisotopic (exact) mass is 192 g/mol. The van der Waals surface area contributed by atoms with Crippen molar-refractivity contribution in [1.29, 1.82) is 0 Å². The van der Waals surface area contributed by atoms with E-state index in [1.807, 2.05) is 12.1 Å². The number of methoxy groups -OCH3 is 1. The summed E-state index contributed by atoms with van der Waals surface area (Å²) in [6, 6.07) is 6.61. The van der Waals surface area contributed by atoms with Gasteiger partial charge in [0.05, 0.1) is 12.8 Å². The van der Waals surface area contributed by atoms with E-state index in [0.29, 0.717) is 11.7 Å². The van der Waals surface area contributed by atoms with Crippen molar-refractivity contribution in [3.05, 3.63) is 18.2 Å². The van der Waals surface area contributed by atoms with Crippen LogP contribution in [0.3, 0.4) is 0 Å². The molecule has 0 aromatic heterocycles. The topological polar surface area (TPSA) is 38.5 Å². The maximum absolute atomic E-state index is 5.84. The minimum absolute atomic E-state index is 0.641. The first kappa shape index (κ1) is 9.19. The molecule has 1 saturated heterocycles. The normalized spacial score (nSPS) is 20.4. The first-order valence-electron chi connectivity index (χ1n) is 4.92. The van der Waals surface area contributed by atoms with Crippen molar-refractivity contribution < 1.29 is 4.74 Å². The molecule has 2 rings (SSSR count). The fourth-order valence-electron chi connectivity index (χ4n) is 1.80. The van der Waals surface area contributed by atoms with Crippen LogP contribution in [0.2, 0.25) is 0 Å². The van der Waals surface area contributed by atoms with Crippen molar-refractivity contribution in [1.82, 2.24) is 0 Å². The number of ether oxygens (including phenoxy) is 1. The Hall–Kier alpha value is -1.38. The summed E-state index contributed by atoms with van der Waals surface area (Å²) in [5.41, 5.74) is 7.75. The highest BCUT2D eigenvalue weighted by Gasteiger charge is 2.23. The van der Waals surface area contributed by atoms with Crippen LogP contribution >= 0.6 is 0 Å². The van der Waals surface area contributed by atoms with Crippen molar-refractivity contribution in [3.8, 4) is 5.75 Å². The van der Waals surface area contributed by atoms with Gasteiger partial charge in [-0.25, -0.2) is 0 Å². The van der Waals surface area contributed by atoms with E-state index in [1.165, 1.54) is 12.1 Å². The van der Waals surface area contributed by atoms with E-state index in [4.69, 9.17) is 10.5 Å². The molecule has 0 aliphatic carbocycles. The quantitative estimate of drug-likeness (QED) is 0.727. The lowest BCUT2D eigenvalue weighted by Crippen LogP contribution is -2.45. The Kier molecular flexibility index (Phi) is 2.23. The summed E-state index contributed by atoms with van der Waals surface area (Å²) in [5, 5.41) is 0. The lowest BCUT2D eigenvalue weighted by atomic mass is 10.0. The lowest BCUT2D eigenvalue weighted by molar-refractivity contribution is 0.416. The molecule has 1 aliphatic rings. The number of anilines is 2. The van der Waals surface area contributed by atoms with Gasteiger partial charge in [0.25, 0.3) is 0 Å². The summed E-state index contributed by atoms with van der Waals surface area (Å²) in [7, 11) is 1.64. The Bertz CT molecular complexity index is 338.